The molecule has 2 heterocycles. The molecule has 0 spiro atoms. The van der Waals surface area contributed by atoms with Gasteiger partial charge >= 0.3 is 0 Å². The van der Waals surface area contributed by atoms with Gasteiger partial charge < -0.3 is 9.64 Å². The molecule has 1 aromatic rings. The lowest BCUT2D eigenvalue weighted by Gasteiger charge is -2.32. The Morgan fingerprint density at radius 2 is 2.32 bits per heavy atom. The summed E-state index contributed by atoms with van der Waals surface area (Å²) in [5, 5.41) is 0. The molecule has 1 saturated heterocycles. The predicted octanol–water partition coefficient (Wildman–Crippen LogP) is 2.68. The van der Waals surface area contributed by atoms with Gasteiger partial charge in [-0.2, -0.15) is 0 Å². The lowest BCUT2D eigenvalue weighted by atomic mass is 9.93. The second-order valence-corrected chi connectivity index (χ2v) is 5.48. The van der Waals surface area contributed by atoms with E-state index in [-0.39, 0.29) is 0 Å². The number of piperidine rings is 1. The number of aryl methyl sites for hydroxylation is 1. The molecule has 0 radical (unpaired) electrons. The number of likely N-dealkylation sites (tertiary alicyclic amines) is 1. The number of hydrogen-bond donors (Lipinski definition) is 0. The summed E-state index contributed by atoms with van der Waals surface area (Å²) in [6, 6.07) is 6.35. The minimum absolute atomic E-state index is 0.754. The zero-order chi connectivity index (χ0) is 13.5. The van der Waals surface area contributed by atoms with Crippen LogP contribution in [0, 0.1) is 12.8 Å². The van der Waals surface area contributed by atoms with Crippen LogP contribution in [-0.2, 0) is 11.2 Å². The molecule has 0 aromatic carbocycles. The van der Waals surface area contributed by atoms with Crippen LogP contribution in [0.3, 0.4) is 0 Å². The van der Waals surface area contributed by atoms with Gasteiger partial charge in [0.05, 0.1) is 6.61 Å². The molecule has 1 fully saturated rings. The van der Waals surface area contributed by atoms with Crippen molar-refractivity contribution in [1.82, 2.24) is 9.88 Å². The van der Waals surface area contributed by atoms with Crippen molar-refractivity contribution in [1.29, 1.82) is 0 Å². The molecule has 106 valence electrons. The van der Waals surface area contributed by atoms with E-state index in [1.807, 2.05) is 0 Å². The van der Waals surface area contributed by atoms with Gasteiger partial charge in [-0.15, -0.1) is 0 Å². The Morgan fingerprint density at radius 3 is 3.11 bits per heavy atom. The monoisotopic (exact) mass is 262 g/mol. The van der Waals surface area contributed by atoms with Crippen molar-refractivity contribution < 1.29 is 4.74 Å². The summed E-state index contributed by atoms with van der Waals surface area (Å²) in [6.45, 7) is 9.32. The van der Waals surface area contributed by atoms with E-state index < -0.39 is 0 Å². The Hall–Kier alpha value is -0.930. The number of nitrogens with zero attached hydrogens (tertiary/aromatic N) is 2. The van der Waals surface area contributed by atoms with Crippen molar-refractivity contribution in [2.75, 3.05) is 32.8 Å². The van der Waals surface area contributed by atoms with Crippen molar-refractivity contribution in [3.63, 3.8) is 0 Å². The van der Waals surface area contributed by atoms with Crippen molar-refractivity contribution in [2.24, 2.45) is 5.92 Å². The van der Waals surface area contributed by atoms with Gasteiger partial charge in [0.1, 0.15) is 0 Å². The maximum atomic E-state index is 5.45. The van der Waals surface area contributed by atoms with E-state index >= 15 is 0 Å². The molecule has 1 aliphatic rings. The van der Waals surface area contributed by atoms with Crippen LogP contribution in [-0.4, -0.2) is 42.7 Å². The van der Waals surface area contributed by atoms with Crippen LogP contribution in [0.25, 0.3) is 0 Å². The molecule has 3 nitrogen and oxygen atoms in total. The normalized spacial score (nSPS) is 20.6. The predicted molar refractivity (Wildman–Crippen MR) is 78.3 cm³/mol. The van der Waals surface area contributed by atoms with Gasteiger partial charge in [0.2, 0.25) is 0 Å². The average molecular weight is 262 g/mol. The maximum absolute atomic E-state index is 5.45. The van der Waals surface area contributed by atoms with Crippen molar-refractivity contribution in [3.05, 3.63) is 29.6 Å². The number of aromatic nitrogens is 1. The van der Waals surface area contributed by atoms with E-state index in [1.54, 1.807) is 0 Å². The molecule has 0 unspecified atom stereocenters. The molecule has 1 atom stereocenters. The smallest absolute Gasteiger partial charge is 0.0593 e. The molecular formula is C16H26N2O. The highest BCUT2D eigenvalue weighted by atomic mass is 16.5. The first-order chi connectivity index (χ1) is 9.28. The van der Waals surface area contributed by atoms with Gasteiger partial charge in [-0.25, -0.2) is 0 Å². The second-order valence-electron chi connectivity index (χ2n) is 5.48. The fourth-order valence-corrected chi connectivity index (χ4v) is 2.87. The highest BCUT2D eigenvalue weighted by Crippen LogP contribution is 2.20. The van der Waals surface area contributed by atoms with Crippen LogP contribution in [0.5, 0.6) is 0 Å². The summed E-state index contributed by atoms with van der Waals surface area (Å²) < 4.78 is 5.45. The first kappa shape index (κ1) is 14.5. The molecule has 2 rings (SSSR count). The number of pyridine rings is 1. The third kappa shape index (κ3) is 4.92. The van der Waals surface area contributed by atoms with E-state index in [2.05, 4.69) is 41.9 Å². The zero-order valence-corrected chi connectivity index (χ0v) is 12.3. The van der Waals surface area contributed by atoms with Crippen LogP contribution < -0.4 is 0 Å². The highest BCUT2D eigenvalue weighted by molar-refractivity contribution is 5.10. The molecule has 19 heavy (non-hydrogen) atoms. The van der Waals surface area contributed by atoms with Gasteiger partial charge in [0.25, 0.3) is 0 Å². The average Bonchev–Trinajstić information content (AvgIpc) is 2.39. The van der Waals surface area contributed by atoms with Gasteiger partial charge in [-0.05, 0) is 57.7 Å². The Kier molecular flexibility index (Phi) is 5.80. The zero-order valence-electron chi connectivity index (χ0n) is 12.3. The Balaban J connectivity index is 1.80. The quantitative estimate of drug-likeness (QED) is 0.737. The molecule has 0 N–H and O–H groups in total. The minimum Gasteiger partial charge on any atom is -0.380 e. The molecule has 0 bridgehead atoms. The van der Waals surface area contributed by atoms with Crippen molar-refractivity contribution >= 4 is 0 Å². The van der Waals surface area contributed by atoms with E-state index in [0.29, 0.717) is 0 Å². The van der Waals surface area contributed by atoms with E-state index in [9.17, 15) is 0 Å². The van der Waals surface area contributed by atoms with Gasteiger partial charge in [-0.1, -0.05) is 6.07 Å². The number of rotatable bonds is 6. The second kappa shape index (κ2) is 7.61. The van der Waals surface area contributed by atoms with Crippen molar-refractivity contribution in [3.8, 4) is 0 Å². The summed E-state index contributed by atoms with van der Waals surface area (Å²) in [7, 11) is 0. The highest BCUT2D eigenvalue weighted by Gasteiger charge is 2.20. The Labute approximate surface area is 117 Å². The number of hydrogen-bond acceptors (Lipinski definition) is 3. The van der Waals surface area contributed by atoms with E-state index in [1.165, 1.54) is 31.6 Å². The summed E-state index contributed by atoms with van der Waals surface area (Å²) in [5.74, 6) is 0.754. The van der Waals surface area contributed by atoms with Crippen LogP contribution >= 0.6 is 0 Å². The van der Waals surface area contributed by atoms with Crippen molar-refractivity contribution in [2.45, 2.75) is 33.1 Å². The Bertz CT molecular complexity index is 381. The molecule has 0 saturated carbocycles. The first-order valence-electron chi connectivity index (χ1n) is 7.50. The molecule has 3 heteroatoms. The molecule has 0 aliphatic carbocycles. The van der Waals surface area contributed by atoms with Gasteiger partial charge in [0.15, 0.2) is 0 Å². The molecular weight excluding hydrogens is 236 g/mol. The first-order valence-corrected chi connectivity index (χ1v) is 7.50. The fourth-order valence-electron chi connectivity index (χ4n) is 2.87. The van der Waals surface area contributed by atoms with E-state index in [4.69, 9.17) is 4.74 Å². The Morgan fingerprint density at radius 1 is 1.42 bits per heavy atom. The summed E-state index contributed by atoms with van der Waals surface area (Å²) in [4.78, 5) is 7.17. The third-order valence-corrected chi connectivity index (χ3v) is 3.80. The molecule has 1 aliphatic heterocycles. The van der Waals surface area contributed by atoms with Gasteiger partial charge in [0, 0.05) is 31.1 Å². The minimum atomic E-state index is 0.754. The van der Waals surface area contributed by atoms with Crippen LogP contribution in [0.4, 0.5) is 0 Å². The lowest BCUT2D eigenvalue weighted by Crippen LogP contribution is -2.38. The summed E-state index contributed by atoms with van der Waals surface area (Å²) in [5.41, 5.74) is 2.37. The molecule has 0 amide bonds. The number of ether oxygens (including phenoxy) is 1. The summed E-state index contributed by atoms with van der Waals surface area (Å²) >= 11 is 0. The lowest BCUT2D eigenvalue weighted by molar-refractivity contribution is 0.0916. The third-order valence-electron chi connectivity index (χ3n) is 3.80. The summed E-state index contributed by atoms with van der Waals surface area (Å²) in [6.07, 6.45) is 3.76. The fraction of sp³-hybridized carbons (Fsp3) is 0.688. The standard InChI is InChI=1S/C16H26N2O/c1-3-19-11-10-18-9-5-7-15(13-18)12-16-8-4-6-14(2)17-16/h4,6,8,15H,3,5,7,9-13H2,1-2H3/t15-/m1/s1. The van der Waals surface area contributed by atoms with Gasteiger partial charge in [-0.3, -0.25) is 4.98 Å². The van der Waals surface area contributed by atoms with E-state index in [0.717, 1.165) is 37.8 Å². The largest absolute Gasteiger partial charge is 0.380 e. The van der Waals surface area contributed by atoms with Crippen LogP contribution in [0.1, 0.15) is 31.2 Å². The molecule has 1 aromatic heterocycles. The van der Waals surface area contributed by atoms with Crippen LogP contribution in [0.15, 0.2) is 18.2 Å². The SMILES string of the molecule is CCOCCN1CCC[C@H](Cc2cccc(C)n2)C1. The topological polar surface area (TPSA) is 25.4 Å². The van der Waals surface area contributed by atoms with Crippen LogP contribution in [0.2, 0.25) is 0 Å². The maximum Gasteiger partial charge on any atom is 0.0593 e.